The Labute approximate surface area is 113 Å². The normalized spacial score (nSPS) is 19.2. The molecule has 1 aliphatic rings. The fourth-order valence-electron chi connectivity index (χ4n) is 2.05. The summed E-state index contributed by atoms with van der Waals surface area (Å²) in [6, 6.07) is 6.46. The number of hydrogen-bond acceptors (Lipinski definition) is 2. The Kier molecular flexibility index (Phi) is 5.56. The van der Waals surface area contributed by atoms with E-state index in [0.29, 0.717) is 12.5 Å². The van der Waals surface area contributed by atoms with Crippen molar-refractivity contribution in [3.05, 3.63) is 35.6 Å². The summed E-state index contributed by atoms with van der Waals surface area (Å²) in [5.74, 6) is -0.151. The smallest absolute Gasteiger partial charge is 0.227 e. The molecule has 1 heterocycles. The minimum atomic E-state index is -0.267. The molecule has 18 heavy (non-hydrogen) atoms. The molecule has 0 spiro atoms. The molecule has 3 nitrogen and oxygen atoms in total. The molecule has 1 aromatic rings. The second kappa shape index (κ2) is 6.71. The van der Waals surface area contributed by atoms with E-state index in [4.69, 9.17) is 0 Å². The van der Waals surface area contributed by atoms with Crippen molar-refractivity contribution >= 4 is 18.3 Å². The van der Waals surface area contributed by atoms with Gasteiger partial charge in [0.2, 0.25) is 5.91 Å². The van der Waals surface area contributed by atoms with E-state index in [-0.39, 0.29) is 24.1 Å². The molecule has 0 radical (unpaired) electrons. The fourth-order valence-corrected chi connectivity index (χ4v) is 2.05. The third-order valence-electron chi connectivity index (χ3n) is 2.99. The summed E-state index contributed by atoms with van der Waals surface area (Å²) in [4.78, 5) is 13.9. The van der Waals surface area contributed by atoms with Gasteiger partial charge in [-0.3, -0.25) is 4.79 Å². The quantitative estimate of drug-likeness (QED) is 0.887. The van der Waals surface area contributed by atoms with Crippen molar-refractivity contribution in [1.82, 2.24) is 10.2 Å². The van der Waals surface area contributed by atoms with Gasteiger partial charge in [0.25, 0.3) is 0 Å². The molecule has 1 amide bonds. The van der Waals surface area contributed by atoms with Crippen LogP contribution in [0.15, 0.2) is 24.3 Å². The molecular weight excluding hydrogens is 255 g/mol. The Morgan fingerprint density at radius 1 is 1.44 bits per heavy atom. The molecule has 1 aliphatic heterocycles. The lowest BCUT2D eigenvalue weighted by Crippen LogP contribution is -2.51. The monoisotopic (exact) mass is 272 g/mol. The van der Waals surface area contributed by atoms with Crippen LogP contribution in [0.5, 0.6) is 0 Å². The molecule has 0 aliphatic carbocycles. The van der Waals surface area contributed by atoms with Crippen molar-refractivity contribution in [1.29, 1.82) is 0 Å². The highest BCUT2D eigenvalue weighted by atomic mass is 35.5. The van der Waals surface area contributed by atoms with Gasteiger partial charge in [-0.15, -0.1) is 12.4 Å². The number of piperazine rings is 1. The van der Waals surface area contributed by atoms with Crippen LogP contribution in [0.1, 0.15) is 12.5 Å². The van der Waals surface area contributed by atoms with Crippen molar-refractivity contribution < 1.29 is 9.18 Å². The van der Waals surface area contributed by atoms with Gasteiger partial charge in [0.05, 0.1) is 6.42 Å². The van der Waals surface area contributed by atoms with E-state index >= 15 is 0 Å². The zero-order valence-corrected chi connectivity index (χ0v) is 11.2. The summed E-state index contributed by atoms with van der Waals surface area (Å²) >= 11 is 0. The third kappa shape index (κ3) is 3.96. The number of halogens is 2. The Bertz CT molecular complexity index is 396. The molecule has 1 N–H and O–H groups in total. The average Bonchev–Trinajstić information content (AvgIpc) is 2.32. The topological polar surface area (TPSA) is 32.3 Å². The Hall–Kier alpha value is -1.13. The van der Waals surface area contributed by atoms with Gasteiger partial charge >= 0.3 is 0 Å². The minimum absolute atomic E-state index is 0. The number of hydrogen-bond donors (Lipinski definition) is 1. The van der Waals surface area contributed by atoms with Crippen molar-refractivity contribution in [2.75, 3.05) is 19.6 Å². The molecule has 0 saturated carbocycles. The van der Waals surface area contributed by atoms with Crippen molar-refractivity contribution in [2.24, 2.45) is 0 Å². The summed E-state index contributed by atoms with van der Waals surface area (Å²) in [6.07, 6.45) is 0.354. The predicted molar refractivity (Wildman–Crippen MR) is 71.4 cm³/mol. The van der Waals surface area contributed by atoms with Gasteiger partial charge in [0.15, 0.2) is 0 Å². The van der Waals surface area contributed by atoms with E-state index in [9.17, 15) is 9.18 Å². The maximum atomic E-state index is 12.7. The standard InChI is InChI=1S/C13H17FN2O.ClH/c1-10-9-16(7-6-15-10)13(17)8-11-2-4-12(14)5-3-11;/h2-5,10,15H,6-9H2,1H3;1H. The predicted octanol–water partition coefficient (Wildman–Crippen LogP) is 1.61. The van der Waals surface area contributed by atoms with Crippen LogP contribution in [0.3, 0.4) is 0 Å². The molecule has 0 bridgehead atoms. The van der Waals surface area contributed by atoms with Crippen molar-refractivity contribution in [2.45, 2.75) is 19.4 Å². The second-order valence-electron chi connectivity index (χ2n) is 4.50. The van der Waals surface area contributed by atoms with E-state index in [1.54, 1.807) is 12.1 Å². The lowest BCUT2D eigenvalue weighted by molar-refractivity contribution is -0.131. The highest BCUT2D eigenvalue weighted by molar-refractivity contribution is 5.85. The highest BCUT2D eigenvalue weighted by Gasteiger charge is 2.20. The van der Waals surface area contributed by atoms with Crippen LogP contribution in [0.2, 0.25) is 0 Å². The molecule has 1 fully saturated rings. The van der Waals surface area contributed by atoms with E-state index in [0.717, 1.165) is 25.2 Å². The summed E-state index contributed by atoms with van der Waals surface area (Å²) in [6.45, 7) is 4.41. The van der Waals surface area contributed by atoms with Crippen LogP contribution < -0.4 is 5.32 Å². The maximum Gasteiger partial charge on any atom is 0.227 e. The molecule has 100 valence electrons. The molecule has 1 unspecified atom stereocenters. The largest absolute Gasteiger partial charge is 0.340 e. The van der Waals surface area contributed by atoms with Crippen LogP contribution in [-0.4, -0.2) is 36.5 Å². The Morgan fingerprint density at radius 2 is 2.11 bits per heavy atom. The molecule has 0 aromatic heterocycles. The number of carbonyl (C=O) groups is 1. The Balaban J connectivity index is 0.00000162. The van der Waals surface area contributed by atoms with Crippen LogP contribution in [0.4, 0.5) is 4.39 Å². The number of amides is 1. The first-order valence-electron chi connectivity index (χ1n) is 5.91. The first-order chi connectivity index (χ1) is 8.15. The van der Waals surface area contributed by atoms with Crippen molar-refractivity contribution in [3.8, 4) is 0 Å². The second-order valence-corrected chi connectivity index (χ2v) is 4.50. The fraction of sp³-hybridized carbons (Fsp3) is 0.462. The average molecular weight is 273 g/mol. The SMILES string of the molecule is CC1CN(C(=O)Cc2ccc(F)cc2)CCN1.Cl. The van der Waals surface area contributed by atoms with Crippen LogP contribution in [0.25, 0.3) is 0 Å². The molecular formula is C13H18ClFN2O. The minimum Gasteiger partial charge on any atom is -0.340 e. The van der Waals surface area contributed by atoms with Gasteiger partial charge in [0, 0.05) is 25.7 Å². The van der Waals surface area contributed by atoms with E-state index in [2.05, 4.69) is 12.2 Å². The lowest BCUT2D eigenvalue weighted by atomic mass is 10.1. The highest BCUT2D eigenvalue weighted by Crippen LogP contribution is 2.07. The maximum absolute atomic E-state index is 12.7. The number of carbonyl (C=O) groups excluding carboxylic acids is 1. The molecule has 5 heteroatoms. The summed E-state index contributed by atoms with van der Waals surface area (Å²) in [7, 11) is 0. The molecule has 1 saturated heterocycles. The number of benzene rings is 1. The number of nitrogens with zero attached hydrogens (tertiary/aromatic N) is 1. The summed E-state index contributed by atoms with van der Waals surface area (Å²) < 4.78 is 12.7. The van der Waals surface area contributed by atoms with Gasteiger partial charge in [-0.2, -0.15) is 0 Å². The van der Waals surface area contributed by atoms with Crippen LogP contribution >= 0.6 is 12.4 Å². The van der Waals surface area contributed by atoms with E-state index in [1.165, 1.54) is 12.1 Å². The first-order valence-corrected chi connectivity index (χ1v) is 5.91. The zero-order valence-electron chi connectivity index (χ0n) is 10.4. The van der Waals surface area contributed by atoms with Gasteiger partial charge in [-0.05, 0) is 24.6 Å². The van der Waals surface area contributed by atoms with Gasteiger partial charge < -0.3 is 10.2 Å². The summed E-state index contributed by atoms with van der Waals surface area (Å²) in [5, 5.41) is 3.29. The Morgan fingerprint density at radius 3 is 2.72 bits per heavy atom. The first kappa shape index (κ1) is 14.9. The van der Waals surface area contributed by atoms with Crippen LogP contribution in [-0.2, 0) is 11.2 Å². The van der Waals surface area contributed by atoms with Crippen LogP contribution in [0, 0.1) is 5.82 Å². The van der Waals surface area contributed by atoms with Gasteiger partial charge in [-0.1, -0.05) is 12.1 Å². The summed E-state index contributed by atoms with van der Waals surface area (Å²) in [5.41, 5.74) is 0.864. The molecule has 2 rings (SSSR count). The van der Waals surface area contributed by atoms with E-state index < -0.39 is 0 Å². The van der Waals surface area contributed by atoms with Gasteiger partial charge in [-0.25, -0.2) is 4.39 Å². The molecule has 1 atom stereocenters. The van der Waals surface area contributed by atoms with Gasteiger partial charge in [0.1, 0.15) is 5.82 Å². The molecule has 1 aromatic carbocycles. The third-order valence-corrected chi connectivity index (χ3v) is 2.99. The zero-order chi connectivity index (χ0) is 12.3. The lowest BCUT2D eigenvalue weighted by Gasteiger charge is -2.32. The van der Waals surface area contributed by atoms with Crippen molar-refractivity contribution in [3.63, 3.8) is 0 Å². The number of rotatable bonds is 2. The van der Waals surface area contributed by atoms with E-state index in [1.807, 2.05) is 4.90 Å². The number of nitrogens with one attached hydrogen (secondary N) is 1.